The molecule has 2 aromatic carbocycles. The van der Waals surface area contributed by atoms with Crippen LogP contribution in [0.1, 0.15) is 19.4 Å². The number of aliphatic hydroxyl groups is 1. The molecule has 1 aromatic heterocycles. The highest BCUT2D eigenvalue weighted by atomic mass is 16.5. The largest absolute Gasteiger partial charge is 0.497 e. The monoisotopic (exact) mass is 439 g/mol. The standard InChI is InChI=1S/C25H33N3O4/c1-18(2)28(15-20(29)17-30-4)16-23-24(19-10-7-6-8-11-19)26-27(3)25(23)32-22-13-9-12-21(14-22)31-5/h6-14,18,20,29H,15-17H2,1-5H3/t20-/m1/s1. The Hall–Kier alpha value is -2.87. The summed E-state index contributed by atoms with van der Waals surface area (Å²) in [5.74, 6) is 2.05. The smallest absolute Gasteiger partial charge is 0.222 e. The van der Waals surface area contributed by atoms with Crippen molar-refractivity contribution >= 4 is 0 Å². The van der Waals surface area contributed by atoms with Crippen LogP contribution in [0, 0.1) is 0 Å². The second-order valence-electron chi connectivity index (χ2n) is 8.04. The molecule has 0 aliphatic rings. The third kappa shape index (κ3) is 5.88. The van der Waals surface area contributed by atoms with Crippen LogP contribution in [0.3, 0.4) is 0 Å². The molecule has 0 amide bonds. The molecule has 3 rings (SSSR count). The summed E-state index contributed by atoms with van der Waals surface area (Å²) in [6, 6.07) is 17.8. The first kappa shape index (κ1) is 23.8. The fraction of sp³-hybridized carbons (Fsp3) is 0.400. The molecule has 3 aromatic rings. The lowest BCUT2D eigenvalue weighted by Gasteiger charge is -2.29. The second-order valence-corrected chi connectivity index (χ2v) is 8.04. The van der Waals surface area contributed by atoms with Gasteiger partial charge in [0.2, 0.25) is 5.88 Å². The van der Waals surface area contributed by atoms with E-state index in [0.29, 0.717) is 24.7 Å². The van der Waals surface area contributed by atoms with Crippen molar-refractivity contribution in [2.45, 2.75) is 32.5 Å². The van der Waals surface area contributed by atoms with E-state index >= 15 is 0 Å². The van der Waals surface area contributed by atoms with Crippen molar-refractivity contribution in [2.24, 2.45) is 7.05 Å². The summed E-state index contributed by atoms with van der Waals surface area (Å²) in [7, 11) is 5.11. The molecule has 0 aliphatic heterocycles. The molecule has 0 radical (unpaired) electrons. The molecule has 32 heavy (non-hydrogen) atoms. The van der Waals surface area contributed by atoms with Crippen LogP contribution < -0.4 is 9.47 Å². The Bertz CT molecular complexity index is 988. The summed E-state index contributed by atoms with van der Waals surface area (Å²) in [4.78, 5) is 2.20. The normalized spacial score (nSPS) is 12.4. The number of hydrogen-bond donors (Lipinski definition) is 1. The fourth-order valence-electron chi connectivity index (χ4n) is 3.60. The number of methoxy groups -OCH3 is 2. The Morgan fingerprint density at radius 2 is 1.75 bits per heavy atom. The van der Waals surface area contributed by atoms with E-state index in [2.05, 4.69) is 18.7 Å². The topological polar surface area (TPSA) is 69.0 Å². The Morgan fingerprint density at radius 1 is 1.03 bits per heavy atom. The molecule has 1 N–H and O–H groups in total. The summed E-state index contributed by atoms with van der Waals surface area (Å²) < 4.78 is 18.6. The van der Waals surface area contributed by atoms with Gasteiger partial charge in [0.1, 0.15) is 17.2 Å². The molecule has 1 heterocycles. The summed E-state index contributed by atoms with van der Waals surface area (Å²) in [5.41, 5.74) is 2.83. The lowest BCUT2D eigenvalue weighted by Crippen LogP contribution is -2.38. The number of nitrogens with zero attached hydrogens (tertiary/aromatic N) is 3. The number of hydrogen-bond acceptors (Lipinski definition) is 6. The van der Waals surface area contributed by atoms with Gasteiger partial charge in [-0.3, -0.25) is 4.90 Å². The number of benzene rings is 2. The van der Waals surface area contributed by atoms with Crippen LogP contribution in [-0.4, -0.2) is 59.3 Å². The van der Waals surface area contributed by atoms with Crippen LogP contribution >= 0.6 is 0 Å². The van der Waals surface area contributed by atoms with Crippen LogP contribution in [0.2, 0.25) is 0 Å². The minimum Gasteiger partial charge on any atom is -0.497 e. The van der Waals surface area contributed by atoms with Crippen molar-refractivity contribution in [3.63, 3.8) is 0 Å². The van der Waals surface area contributed by atoms with E-state index in [-0.39, 0.29) is 12.6 Å². The van der Waals surface area contributed by atoms with Crippen LogP contribution in [-0.2, 0) is 18.3 Å². The fourth-order valence-corrected chi connectivity index (χ4v) is 3.60. The van der Waals surface area contributed by atoms with Gasteiger partial charge in [0, 0.05) is 44.9 Å². The Morgan fingerprint density at radius 3 is 2.41 bits per heavy atom. The SMILES string of the molecule is COC[C@H](O)CN(Cc1c(-c2ccccc2)nn(C)c1Oc1cccc(OC)c1)C(C)C. The highest BCUT2D eigenvalue weighted by Gasteiger charge is 2.24. The van der Waals surface area contributed by atoms with E-state index in [1.54, 1.807) is 18.9 Å². The maximum absolute atomic E-state index is 10.4. The first-order valence-corrected chi connectivity index (χ1v) is 10.8. The molecule has 0 saturated carbocycles. The molecule has 0 spiro atoms. The third-order valence-corrected chi connectivity index (χ3v) is 5.29. The van der Waals surface area contributed by atoms with Crippen molar-refractivity contribution in [3.8, 4) is 28.6 Å². The average Bonchev–Trinajstić information content (AvgIpc) is 3.09. The predicted octanol–water partition coefficient (Wildman–Crippen LogP) is 4.11. The molecule has 7 heteroatoms. The number of rotatable bonds is 11. The quantitative estimate of drug-likeness (QED) is 0.485. The molecule has 0 unspecified atom stereocenters. The Balaban J connectivity index is 2.01. The summed E-state index contributed by atoms with van der Waals surface area (Å²) in [5, 5.41) is 15.2. The summed E-state index contributed by atoms with van der Waals surface area (Å²) in [6.45, 7) is 5.55. The van der Waals surface area contributed by atoms with Crippen LogP contribution in [0.5, 0.6) is 17.4 Å². The predicted molar refractivity (Wildman–Crippen MR) is 125 cm³/mol. The first-order chi connectivity index (χ1) is 15.4. The number of aliphatic hydroxyl groups excluding tert-OH is 1. The van der Waals surface area contributed by atoms with Crippen molar-refractivity contribution in [3.05, 3.63) is 60.2 Å². The zero-order valence-electron chi connectivity index (χ0n) is 19.5. The Kier molecular flexibility index (Phi) is 8.27. The van der Waals surface area contributed by atoms with Gasteiger partial charge in [0.25, 0.3) is 0 Å². The molecular formula is C25H33N3O4. The Labute approximate surface area is 190 Å². The zero-order valence-corrected chi connectivity index (χ0v) is 19.5. The molecule has 0 saturated heterocycles. The van der Waals surface area contributed by atoms with Gasteiger partial charge in [-0.25, -0.2) is 4.68 Å². The minimum absolute atomic E-state index is 0.204. The summed E-state index contributed by atoms with van der Waals surface area (Å²) >= 11 is 0. The lowest BCUT2D eigenvalue weighted by atomic mass is 10.1. The average molecular weight is 440 g/mol. The van der Waals surface area contributed by atoms with E-state index in [4.69, 9.17) is 19.3 Å². The van der Waals surface area contributed by atoms with Gasteiger partial charge in [-0.1, -0.05) is 36.4 Å². The van der Waals surface area contributed by atoms with Gasteiger partial charge < -0.3 is 19.3 Å². The minimum atomic E-state index is -0.581. The molecule has 0 aliphatic carbocycles. The van der Waals surface area contributed by atoms with Crippen molar-refractivity contribution in [1.82, 2.24) is 14.7 Å². The van der Waals surface area contributed by atoms with Gasteiger partial charge in [0.05, 0.1) is 25.4 Å². The van der Waals surface area contributed by atoms with Crippen molar-refractivity contribution < 1.29 is 19.3 Å². The van der Waals surface area contributed by atoms with Crippen LogP contribution in [0.25, 0.3) is 11.3 Å². The summed E-state index contributed by atoms with van der Waals surface area (Å²) in [6.07, 6.45) is -0.581. The van der Waals surface area contributed by atoms with Crippen molar-refractivity contribution in [1.29, 1.82) is 0 Å². The third-order valence-electron chi connectivity index (χ3n) is 5.29. The number of aryl methyl sites for hydroxylation is 1. The zero-order chi connectivity index (χ0) is 23.1. The molecule has 172 valence electrons. The second kappa shape index (κ2) is 11.1. The van der Waals surface area contributed by atoms with Gasteiger partial charge in [-0.05, 0) is 26.0 Å². The van der Waals surface area contributed by atoms with Crippen LogP contribution in [0.15, 0.2) is 54.6 Å². The van der Waals surface area contributed by atoms with E-state index in [0.717, 1.165) is 22.6 Å². The van der Waals surface area contributed by atoms with E-state index in [1.165, 1.54) is 0 Å². The van der Waals surface area contributed by atoms with Gasteiger partial charge in [0.15, 0.2) is 0 Å². The van der Waals surface area contributed by atoms with E-state index in [1.807, 2.05) is 61.6 Å². The maximum atomic E-state index is 10.4. The number of ether oxygens (including phenoxy) is 3. The van der Waals surface area contributed by atoms with E-state index < -0.39 is 6.10 Å². The number of aromatic nitrogens is 2. The molecule has 7 nitrogen and oxygen atoms in total. The molecular weight excluding hydrogens is 406 g/mol. The molecule has 1 atom stereocenters. The molecule has 0 bridgehead atoms. The highest BCUT2D eigenvalue weighted by molar-refractivity contribution is 5.65. The molecule has 0 fully saturated rings. The highest BCUT2D eigenvalue weighted by Crippen LogP contribution is 2.35. The van der Waals surface area contributed by atoms with Gasteiger partial charge in [-0.2, -0.15) is 5.10 Å². The van der Waals surface area contributed by atoms with E-state index in [9.17, 15) is 5.11 Å². The van der Waals surface area contributed by atoms with Gasteiger partial charge in [-0.15, -0.1) is 0 Å². The maximum Gasteiger partial charge on any atom is 0.222 e. The first-order valence-electron chi connectivity index (χ1n) is 10.8. The van der Waals surface area contributed by atoms with Crippen molar-refractivity contribution in [2.75, 3.05) is 27.4 Å². The van der Waals surface area contributed by atoms with Gasteiger partial charge >= 0.3 is 0 Å². The van der Waals surface area contributed by atoms with Crippen LogP contribution in [0.4, 0.5) is 0 Å². The lowest BCUT2D eigenvalue weighted by molar-refractivity contribution is 0.0278.